The van der Waals surface area contributed by atoms with Gasteiger partial charge >= 0.3 is 0 Å². The highest BCUT2D eigenvalue weighted by molar-refractivity contribution is 9.10. The van der Waals surface area contributed by atoms with E-state index in [1.165, 1.54) is 5.69 Å². The van der Waals surface area contributed by atoms with Gasteiger partial charge in [0.1, 0.15) is 0 Å². The lowest BCUT2D eigenvalue weighted by molar-refractivity contribution is 0.265. The van der Waals surface area contributed by atoms with Crippen molar-refractivity contribution in [3.8, 4) is 0 Å². The molecule has 1 heterocycles. The quantitative estimate of drug-likeness (QED) is 0.896. The predicted molar refractivity (Wildman–Crippen MR) is 83.7 cm³/mol. The van der Waals surface area contributed by atoms with Gasteiger partial charge in [0, 0.05) is 29.2 Å². The van der Waals surface area contributed by atoms with Crippen molar-refractivity contribution in [2.24, 2.45) is 0 Å². The van der Waals surface area contributed by atoms with Crippen molar-refractivity contribution in [3.63, 3.8) is 0 Å². The Morgan fingerprint density at radius 3 is 2.84 bits per heavy atom. The molecule has 1 aliphatic heterocycles. The normalized spacial score (nSPS) is 23.2. The number of halogens is 1. The van der Waals surface area contributed by atoms with Gasteiger partial charge in [0.25, 0.3) is 0 Å². The summed E-state index contributed by atoms with van der Waals surface area (Å²) in [6.45, 7) is 6.73. The van der Waals surface area contributed by atoms with Crippen molar-refractivity contribution in [2.75, 3.05) is 24.6 Å². The molecule has 2 rings (SSSR count). The highest BCUT2D eigenvalue weighted by Gasteiger charge is 2.35. The lowest BCUT2D eigenvalue weighted by Gasteiger charge is -2.44. The number of para-hydroxylation sites is 1. The van der Waals surface area contributed by atoms with Crippen molar-refractivity contribution in [1.29, 1.82) is 0 Å². The molecule has 0 amide bonds. The van der Waals surface area contributed by atoms with Crippen molar-refractivity contribution in [3.05, 3.63) is 28.7 Å². The Hall–Kier alpha value is -0.580. The maximum Gasteiger partial charge on any atom is 0.0518 e. The number of aliphatic hydroxyl groups is 1. The Balaban J connectivity index is 2.41. The topological polar surface area (TPSA) is 35.5 Å². The zero-order valence-corrected chi connectivity index (χ0v) is 13.3. The summed E-state index contributed by atoms with van der Waals surface area (Å²) in [5, 5.41) is 12.8. The predicted octanol–water partition coefficient (Wildman–Crippen LogP) is 2.78. The summed E-state index contributed by atoms with van der Waals surface area (Å²) in [4.78, 5) is 2.47. The molecule has 0 aliphatic carbocycles. The first-order chi connectivity index (χ1) is 9.06. The van der Waals surface area contributed by atoms with Crippen LogP contribution in [0.1, 0.15) is 26.7 Å². The van der Waals surface area contributed by atoms with E-state index >= 15 is 0 Å². The Kier molecular flexibility index (Phi) is 4.87. The largest absolute Gasteiger partial charge is 0.396 e. The molecule has 4 heteroatoms. The van der Waals surface area contributed by atoms with Crippen LogP contribution in [0.4, 0.5) is 5.69 Å². The second kappa shape index (κ2) is 6.25. The second-order valence-corrected chi connectivity index (χ2v) is 6.61. The van der Waals surface area contributed by atoms with E-state index in [2.05, 4.69) is 58.2 Å². The number of anilines is 1. The molecule has 0 aromatic heterocycles. The van der Waals surface area contributed by atoms with Crippen molar-refractivity contribution in [1.82, 2.24) is 5.32 Å². The van der Waals surface area contributed by atoms with Gasteiger partial charge in [-0.25, -0.2) is 0 Å². The molecule has 0 saturated carbocycles. The van der Waals surface area contributed by atoms with Crippen LogP contribution >= 0.6 is 15.9 Å². The summed E-state index contributed by atoms with van der Waals surface area (Å²) in [5.41, 5.74) is 1.29. The summed E-state index contributed by atoms with van der Waals surface area (Å²) in [6, 6.07) is 8.67. The average molecular weight is 327 g/mol. The summed E-state index contributed by atoms with van der Waals surface area (Å²) >= 11 is 3.66. The number of nitrogens with one attached hydrogen (secondary N) is 1. The summed E-state index contributed by atoms with van der Waals surface area (Å²) in [5.74, 6) is 0. The standard InChI is InChI=1S/C15H23BrN2O/c1-15(2)8-9-17-11-12(7-10-19)18(15)14-6-4-3-5-13(14)16/h3-6,12,17,19H,7-11H2,1-2H3. The zero-order chi connectivity index (χ0) is 13.9. The maximum atomic E-state index is 9.35. The number of aliphatic hydroxyl groups excluding tert-OH is 1. The number of hydrogen-bond acceptors (Lipinski definition) is 3. The van der Waals surface area contributed by atoms with Gasteiger partial charge in [-0.05, 0) is 61.3 Å². The van der Waals surface area contributed by atoms with Gasteiger partial charge in [-0.2, -0.15) is 0 Å². The first-order valence-corrected chi connectivity index (χ1v) is 7.71. The highest BCUT2D eigenvalue weighted by Crippen LogP contribution is 2.36. The van der Waals surface area contributed by atoms with Gasteiger partial charge in [-0.1, -0.05) is 12.1 Å². The Labute approximate surface area is 124 Å². The third kappa shape index (κ3) is 3.30. The molecule has 3 nitrogen and oxygen atoms in total. The third-order valence-corrected chi connectivity index (χ3v) is 4.56. The van der Waals surface area contributed by atoms with Crippen LogP contribution in [-0.2, 0) is 0 Å². The van der Waals surface area contributed by atoms with E-state index in [1.807, 2.05) is 6.07 Å². The molecule has 106 valence electrons. The third-order valence-electron chi connectivity index (χ3n) is 3.89. The zero-order valence-electron chi connectivity index (χ0n) is 11.7. The number of hydrogen-bond donors (Lipinski definition) is 2. The molecule has 1 aromatic rings. The van der Waals surface area contributed by atoms with E-state index in [-0.39, 0.29) is 12.1 Å². The molecule has 19 heavy (non-hydrogen) atoms. The molecule has 1 aromatic carbocycles. The van der Waals surface area contributed by atoms with E-state index in [0.29, 0.717) is 6.04 Å². The van der Waals surface area contributed by atoms with Crippen LogP contribution in [-0.4, -0.2) is 36.4 Å². The van der Waals surface area contributed by atoms with Crippen LogP contribution in [0.25, 0.3) is 0 Å². The number of nitrogens with zero attached hydrogens (tertiary/aromatic N) is 1. The number of benzene rings is 1. The molecule has 0 spiro atoms. The molecule has 1 aliphatic rings. The Morgan fingerprint density at radius 2 is 2.16 bits per heavy atom. The highest BCUT2D eigenvalue weighted by atomic mass is 79.9. The van der Waals surface area contributed by atoms with E-state index in [4.69, 9.17) is 0 Å². The van der Waals surface area contributed by atoms with Gasteiger partial charge in [-0.15, -0.1) is 0 Å². The second-order valence-electron chi connectivity index (χ2n) is 5.75. The SMILES string of the molecule is CC1(C)CCNCC(CCO)N1c1ccccc1Br. The first-order valence-electron chi connectivity index (χ1n) is 6.92. The van der Waals surface area contributed by atoms with E-state index in [9.17, 15) is 5.11 Å². The molecule has 0 bridgehead atoms. The van der Waals surface area contributed by atoms with Crippen LogP contribution in [0.3, 0.4) is 0 Å². The average Bonchev–Trinajstić information content (AvgIpc) is 2.50. The van der Waals surface area contributed by atoms with Crippen LogP contribution in [0.2, 0.25) is 0 Å². The summed E-state index contributed by atoms with van der Waals surface area (Å²) < 4.78 is 1.12. The van der Waals surface area contributed by atoms with Crippen LogP contribution in [0.15, 0.2) is 28.7 Å². The first kappa shape index (κ1) is 14.8. The smallest absolute Gasteiger partial charge is 0.0518 e. The van der Waals surface area contributed by atoms with Gasteiger partial charge in [0.15, 0.2) is 0 Å². The fraction of sp³-hybridized carbons (Fsp3) is 0.600. The minimum absolute atomic E-state index is 0.0766. The molecule has 1 fully saturated rings. The summed E-state index contributed by atoms with van der Waals surface area (Å²) in [7, 11) is 0. The lowest BCUT2D eigenvalue weighted by Crippen LogP contribution is -2.51. The van der Waals surface area contributed by atoms with Crippen molar-refractivity contribution in [2.45, 2.75) is 38.3 Å². The van der Waals surface area contributed by atoms with Gasteiger partial charge in [0.2, 0.25) is 0 Å². The Morgan fingerprint density at radius 1 is 1.42 bits per heavy atom. The maximum absolute atomic E-state index is 9.35. The van der Waals surface area contributed by atoms with Crippen LogP contribution < -0.4 is 10.2 Å². The van der Waals surface area contributed by atoms with Crippen LogP contribution in [0.5, 0.6) is 0 Å². The fourth-order valence-electron chi connectivity index (χ4n) is 2.92. The lowest BCUT2D eigenvalue weighted by atomic mass is 9.95. The Bertz CT molecular complexity index is 422. The molecule has 2 N–H and O–H groups in total. The van der Waals surface area contributed by atoms with Crippen LogP contribution in [0, 0.1) is 0 Å². The molecule has 1 atom stereocenters. The molecular weight excluding hydrogens is 304 g/mol. The monoisotopic (exact) mass is 326 g/mol. The molecular formula is C15H23BrN2O. The molecule has 1 saturated heterocycles. The number of rotatable bonds is 3. The van der Waals surface area contributed by atoms with Crippen molar-refractivity contribution < 1.29 is 5.11 Å². The van der Waals surface area contributed by atoms with Gasteiger partial charge < -0.3 is 15.3 Å². The van der Waals surface area contributed by atoms with Gasteiger partial charge in [0.05, 0.1) is 5.69 Å². The molecule has 0 radical (unpaired) electrons. The fourth-order valence-corrected chi connectivity index (χ4v) is 3.39. The minimum atomic E-state index is 0.0766. The summed E-state index contributed by atoms with van der Waals surface area (Å²) in [6.07, 6.45) is 1.88. The van der Waals surface area contributed by atoms with E-state index < -0.39 is 0 Å². The molecule has 1 unspecified atom stereocenters. The van der Waals surface area contributed by atoms with E-state index in [0.717, 1.165) is 30.4 Å². The van der Waals surface area contributed by atoms with E-state index in [1.54, 1.807) is 0 Å². The van der Waals surface area contributed by atoms with Crippen molar-refractivity contribution >= 4 is 21.6 Å². The van der Waals surface area contributed by atoms with Gasteiger partial charge in [-0.3, -0.25) is 0 Å². The minimum Gasteiger partial charge on any atom is -0.396 e.